The lowest BCUT2D eigenvalue weighted by molar-refractivity contribution is -0.111. The minimum absolute atomic E-state index is 0.210. The highest BCUT2D eigenvalue weighted by Crippen LogP contribution is 2.34. The first-order valence-electron chi connectivity index (χ1n) is 12.2. The number of aliphatic hydroxyl groups is 2. The first-order chi connectivity index (χ1) is 18.3. The zero-order chi connectivity index (χ0) is 26.7. The summed E-state index contributed by atoms with van der Waals surface area (Å²) < 4.78 is 1.08. The van der Waals surface area contributed by atoms with Crippen molar-refractivity contribution in [1.82, 2.24) is 25.2 Å². The molecule has 38 heavy (non-hydrogen) atoms. The van der Waals surface area contributed by atoms with E-state index >= 15 is 0 Å². The van der Waals surface area contributed by atoms with Crippen LogP contribution < -0.4 is 16.0 Å². The quantitative estimate of drug-likeness (QED) is 0.217. The van der Waals surface area contributed by atoms with Crippen LogP contribution in [0.4, 0.5) is 11.6 Å². The van der Waals surface area contributed by atoms with Gasteiger partial charge in [0, 0.05) is 48.1 Å². The van der Waals surface area contributed by atoms with Gasteiger partial charge in [-0.3, -0.25) is 20.0 Å². The van der Waals surface area contributed by atoms with Crippen LogP contribution in [0.25, 0.3) is 26.7 Å². The van der Waals surface area contributed by atoms with E-state index in [-0.39, 0.29) is 5.91 Å². The van der Waals surface area contributed by atoms with Crippen molar-refractivity contribution in [3.8, 4) is 10.6 Å². The van der Waals surface area contributed by atoms with E-state index in [1.54, 1.807) is 40.9 Å². The summed E-state index contributed by atoms with van der Waals surface area (Å²) in [7, 11) is 0. The van der Waals surface area contributed by atoms with E-state index in [9.17, 15) is 15.0 Å². The Labute approximate surface area is 224 Å². The molecule has 2 atom stereocenters. The van der Waals surface area contributed by atoms with Crippen LogP contribution in [0.1, 0.15) is 19.4 Å². The Morgan fingerprint density at radius 2 is 1.97 bits per heavy atom. The van der Waals surface area contributed by atoms with E-state index < -0.39 is 18.1 Å². The predicted octanol–water partition coefficient (Wildman–Crippen LogP) is 3.10. The van der Waals surface area contributed by atoms with Gasteiger partial charge in [0.05, 0.1) is 16.1 Å². The van der Waals surface area contributed by atoms with Gasteiger partial charge in [0.15, 0.2) is 6.35 Å². The molecule has 3 aromatic heterocycles. The second-order valence-corrected chi connectivity index (χ2v) is 10.5. The van der Waals surface area contributed by atoms with Crippen LogP contribution in [-0.2, 0) is 4.79 Å². The Morgan fingerprint density at radius 3 is 2.74 bits per heavy atom. The van der Waals surface area contributed by atoms with Crippen LogP contribution in [0.2, 0.25) is 0 Å². The fraction of sp³-hybridized carbons (Fsp3) is 0.259. The number of amides is 1. The molecule has 5 rings (SSSR count). The van der Waals surface area contributed by atoms with Gasteiger partial charge in [0.2, 0.25) is 11.9 Å². The Morgan fingerprint density at radius 1 is 1.16 bits per heavy atom. The summed E-state index contributed by atoms with van der Waals surface area (Å²) in [6.07, 6.45) is 6.57. The Balaban J connectivity index is 1.23. The van der Waals surface area contributed by atoms with E-state index in [1.165, 1.54) is 6.08 Å². The number of pyridine rings is 1. The number of carbonyl (C=O) groups excluding carboxylic acids is 1. The largest absolute Gasteiger partial charge is 0.377 e. The molecule has 0 saturated carbocycles. The highest BCUT2D eigenvalue weighted by atomic mass is 32.1. The van der Waals surface area contributed by atoms with Crippen molar-refractivity contribution in [3.63, 3.8) is 0 Å². The molecular weight excluding hydrogens is 502 g/mol. The highest BCUT2D eigenvalue weighted by Gasteiger charge is 2.45. The highest BCUT2D eigenvalue weighted by molar-refractivity contribution is 7.22. The maximum absolute atomic E-state index is 12.4. The average Bonchev–Trinajstić information content (AvgIpc) is 3.41. The molecule has 0 aliphatic carbocycles. The van der Waals surface area contributed by atoms with Gasteiger partial charge in [-0.2, -0.15) is 0 Å². The van der Waals surface area contributed by atoms with E-state index in [4.69, 9.17) is 0 Å². The second-order valence-electron chi connectivity index (χ2n) is 9.45. The number of rotatable bonds is 8. The molecule has 196 valence electrons. The molecule has 0 bridgehead atoms. The summed E-state index contributed by atoms with van der Waals surface area (Å²) >= 11 is 1.61. The van der Waals surface area contributed by atoms with Gasteiger partial charge in [-0.15, -0.1) is 11.3 Å². The predicted molar refractivity (Wildman–Crippen MR) is 149 cm³/mol. The van der Waals surface area contributed by atoms with Crippen LogP contribution in [-0.4, -0.2) is 67.2 Å². The van der Waals surface area contributed by atoms with Gasteiger partial charge in [0.25, 0.3) is 0 Å². The van der Waals surface area contributed by atoms with Gasteiger partial charge in [-0.05, 0) is 73.3 Å². The molecule has 0 radical (unpaired) electrons. The SMILES string of the molecule is CC1(C)C(O)NC(O)N1CCNc1nccc(-c2cc3cc(NC(=O)C=Cc4ccncc4)ccc3s2)n1. The van der Waals surface area contributed by atoms with Gasteiger partial charge in [0.1, 0.15) is 6.23 Å². The number of benzene rings is 1. The molecule has 5 N–H and O–H groups in total. The molecule has 1 saturated heterocycles. The first kappa shape index (κ1) is 25.9. The Hall–Kier alpha value is -3.74. The molecular formula is C27H29N7O3S. The lowest BCUT2D eigenvalue weighted by Crippen LogP contribution is -2.49. The number of carbonyl (C=O) groups is 1. The standard InChI is InChI=1S/C27H29N7O3S/c1-27(2)24(36)33-26(37)34(27)14-13-30-25-29-12-9-20(32-25)22-16-18-15-19(4-5-21(18)38-22)31-23(35)6-3-17-7-10-28-11-8-17/h3-12,15-16,24,26,33,36-37H,13-14H2,1-2H3,(H,31,35)(H,29,30,32). The molecule has 4 heterocycles. The third-order valence-corrected chi connectivity index (χ3v) is 7.61. The van der Waals surface area contributed by atoms with Crippen molar-refractivity contribution < 1.29 is 15.0 Å². The van der Waals surface area contributed by atoms with Crippen molar-refractivity contribution in [1.29, 1.82) is 0 Å². The number of hydrogen-bond donors (Lipinski definition) is 5. The molecule has 10 nitrogen and oxygen atoms in total. The normalized spacial score (nSPS) is 19.3. The van der Waals surface area contributed by atoms with Gasteiger partial charge in [-0.25, -0.2) is 9.97 Å². The summed E-state index contributed by atoms with van der Waals surface area (Å²) in [5, 5.41) is 30.1. The maximum Gasteiger partial charge on any atom is 0.248 e. The van der Waals surface area contributed by atoms with E-state index in [0.717, 1.165) is 26.2 Å². The third-order valence-electron chi connectivity index (χ3n) is 6.47. The zero-order valence-corrected chi connectivity index (χ0v) is 21.8. The molecule has 11 heteroatoms. The fourth-order valence-electron chi connectivity index (χ4n) is 4.26. The summed E-state index contributed by atoms with van der Waals surface area (Å²) in [4.78, 5) is 28.1. The third kappa shape index (κ3) is 5.72. The lowest BCUT2D eigenvalue weighted by atomic mass is 10.0. The minimum atomic E-state index is -0.917. The van der Waals surface area contributed by atoms with Crippen molar-refractivity contribution in [2.75, 3.05) is 23.7 Å². The van der Waals surface area contributed by atoms with Crippen LogP contribution in [0.15, 0.2) is 67.1 Å². The summed E-state index contributed by atoms with van der Waals surface area (Å²) in [5.41, 5.74) is 1.80. The van der Waals surface area contributed by atoms with Crippen LogP contribution in [0.3, 0.4) is 0 Å². The number of aromatic nitrogens is 3. The van der Waals surface area contributed by atoms with E-state index in [0.29, 0.717) is 24.7 Å². The fourth-order valence-corrected chi connectivity index (χ4v) is 5.28. The molecule has 1 aliphatic rings. The lowest BCUT2D eigenvalue weighted by Gasteiger charge is -2.33. The van der Waals surface area contributed by atoms with E-state index in [2.05, 4.69) is 30.9 Å². The number of aliphatic hydroxyl groups excluding tert-OH is 2. The van der Waals surface area contributed by atoms with Gasteiger partial charge in [-0.1, -0.05) is 0 Å². The van der Waals surface area contributed by atoms with Crippen molar-refractivity contribution in [3.05, 3.63) is 72.7 Å². The molecule has 1 amide bonds. The topological polar surface area (TPSA) is 136 Å². The van der Waals surface area contributed by atoms with Crippen molar-refractivity contribution in [2.45, 2.75) is 32.0 Å². The first-order valence-corrected chi connectivity index (χ1v) is 13.0. The molecule has 1 fully saturated rings. The average molecular weight is 532 g/mol. The van der Waals surface area contributed by atoms with Gasteiger partial charge >= 0.3 is 0 Å². The van der Waals surface area contributed by atoms with Crippen LogP contribution in [0, 0.1) is 0 Å². The summed E-state index contributed by atoms with van der Waals surface area (Å²) in [6, 6.07) is 13.4. The zero-order valence-electron chi connectivity index (χ0n) is 21.0. The number of anilines is 2. The van der Waals surface area contributed by atoms with E-state index in [1.807, 2.05) is 56.3 Å². The van der Waals surface area contributed by atoms with Gasteiger partial charge < -0.3 is 20.8 Å². The monoisotopic (exact) mass is 531 g/mol. The number of nitrogens with zero attached hydrogens (tertiary/aromatic N) is 4. The number of thiophene rings is 1. The smallest absolute Gasteiger partial charge is 0.248 e. The maximum atomic E-state index is 12.4. The molecule has 1 aliphatic heterocycles. The number of nitrogens with one attached hydrogen (secondary N) is 3. The second kappa shape index (κ2) is 10.9. The summed E-state index contributed by atoms with van der Waals surface area (Å²) in [6.45, 7) is 4.72. The van der Waals surface area contributed by atoms with Crippen LogP contribution in [0.5, 0.6) is 0 Å². The molecule has 4 aromatic rings. The Kier molecular flexibility index (Phi) is 7.45. The van der Waals surface area contributed by atoms with Crippen LogP contribution >= 0.6 is 11.3 Å². The number of hydrogen-bond acceptors (Lipinski definition) is 10. The molecule has 0 spiro atoms. The molecule has 2 unspecified atom stereocenters. The van der Waals surface area contributed by atoms with Crippen molar-refractivity contribution in [2.24, 2.45) is 0 Å². The minimum Gasteiger partial charge on any atom is -0.377 e. The molecule has 1 aromatic carbocycles. The number of fused-ring (bicyclic) bond motifs is 1. The van der Waals surface area contributed by atoms with Crippen molar-refractivity contribution >= 4 is 45.0 Å². The summed E-state index contributed by atoms with van der Waals surface area (Å²) in [5.74, 6) is 0.271. The Bertz CT molecular complexity index is 1460.